The number of benzene rings is 1. The van der Waals surface area contributed by atoms with Gasteiger partial charge in [-0.05, 0) is 75.8 Å². The molecule has 34 heavy (non-hydrogen) atoms. The lowest BCUT2D eigenvalue weighted by atomic mass is 9.96. The van der Waals surface area contributed by atoms with Crippen LogP contribution < -0.4 is 9.47 Å². The third-order valence-electron chi connectivity index (χ3n) is 6.03. The number of unbranched alkanes of at least 4 members (excludes halogenated alkanes) is 6. The molecule has 1 aromatic heterocycles. The highest BCUT2D eigenvalue weighted by Crippen LogP contribution is 2.24. The van der Waals surface area contributed by atoms with Crippen molar-refractivity contribution >= 4 is 5.71 Å². The average molecular weight is 470 g/mol. The molecule has 6 nitrogen and oxygen atoms in total. The molecule has 0 aliphatic carbocycles. The highest BCUT2D eigenvalue weighted by molar-refractivity contribution is 5.97. The van der Waals surface area contributed by atoms with Crippen molar-refractivity contribution in [1.29, 1.82) is 0 Å². The van der Waals surface area contributed by atoms with Gasteiger partial charge in [0, 0.05) is 13.1 Å². The molecule has 0 saturated heterocycles. The second-order valence-electron chi connectivity index (χ2n) is 8.84. The van der Waals surface area contributed by atoms with Crippen LogP contribution in [0.15, 0.2) is 35.5 Å². The fourth-order valence-corrected chi connectivity index (χ4v) is 4.17. The van der Waals surface area contributed by atoms with Gasteiger partial charge < -0.3 is 14.3 Å². The Balaban J connectivity index is 1.56. The lowest BCUT2D eigenvalue weighted by Gasteiger charge is -2.13. The largest absolute Gasteiger partial charge is 0.490 e. The van der Waals surface area contributed by atoms with E-state index in [9.17, 15) is 0 Å². The Morgan fingerprint density at radius 2 is 1.62 bits per heavy atom. The Labute approximate surface area is 206 Å². The third-order valence-corrected chi connectivity index (χ3v) is 6.03. The minimum Gasteiger partial charge on any atom is -0.490 e. The molecule has 0 amide bonds. The van der Waals surface area contributed by atoms with Gasteiger partial charge in [-0.3, -0.25) is 4.68 Å². The van der Waals surface area contributed by atoms with Gasteiger partial charge in [0.1, 0.15) is 25.2 Å². The van der Waals surface area contributed by atoms with Crippen molar-refractivity contribution in [3.05, 3.63) is 52.7 Å². The number of aromatic nitrogens is 2. The number of allylic oxidation sites excluding steroid dienone is 1. The molecule has 6 heteroatoms. The lowest BCUT2D eigenvalue weighted by molar-refractivity contribution is 0.213. The standard InChI is InChI=1S/C28H43N3O3/c1-7-8-17-33-25-19-22(2)26(23(3)20-25)16-14-12-10-9-11-13-15-18-34-28-21-27(31(5)29-28)24(4)30-32-6/h7-8,19-21H,9-18H2,1-6H3/b8-7+,30-24+. The number of rotatable bonds is 16. The van der Waals surface area contributed by atoms with E-state index in [4.69, 9.17) is 14.3 Å². The third kappa shape index (κ3) is 9.24. The molecule has 0 radical (unpaired) electrons. The van der Waals surface area contributed by atoms with Gasteiger partial charge in [-0.2, -0.15) is 0 Å². The van der Waals surface area contributed by atoms with Crippen LogP contribution >= 0.6 is 0 Å². The van der Waals surface area contributed by atoms with Crippen molar-refractivity contribution in [3.63, 3.8) is 0 Å². The van der Waals surface area contributed by atoms with E-state index < -0.39 is 0 Å². The summed E-state index contributed by atoms with van der Waals surface area (Å²) in [5.41, 5.74) is 5.85. The van der Waals surface area contributed by atoms with Gasteiger partial charge in [0.05, 0.1) is 12.3 Å². The van der Waals surface area contributed by atoms with E-state index in [0.717, 1.165) is 30.0 Å². The Bertz CT molecular complexity index is 908. The van der Waals surface area contributed by atoms with Crippen LogP contribution in [0.1, 0.15) is 81.2 Å². The van der Waals surface area contributed by atoms with Gasteiger partial charge in [0.15, 0.2) is 0 Å². The zero-order valence-electron chi connectivity index (χ0n) is 22.0. The minimum atomic E-state index is 0.634. The predicted octanol–water partition coefficient (Wildman–Crippen LogP) is 6.71. The molecule has 0 unspecified atom stereocenters. The van der Waals surface area contributed by atoms with E-state index in [-0.39, 0.29) is 0 Å². The second-order valence-corrected chi connectivity index (χ2v) is 8.84. The first-order valence-corrected chi connectivity index (χ1v) is 12.5. The molecule has 0 spiro atoms. The first-order chi connectivity index (χ1) is 16.5. The van der Waals surface area contributed by atoms with Crippen molar-refractivity contribution in [2.24, 2.45) is 12.2 Å². The molecule has 0 aliphatic rings. The van der Waals surface area contributed by atoms with Crippen LogP contribution in [0.3, 0.4) is 0 Å². The quantitative estimate of drug-likeness (QED) is 0.119. The SMILES string of the molecule is C/C=C/COc1cc(C)c(CCCCCCCCCOc2cc(/C(C)=N/OC)n(C)n2)c(C)c1. The summed E-state index contributed by atoms with van der Waals surface area (Å²) in [5, 5.41) is 8.34. The molecule has 1 aromatic carbocycles. The van der Waals surface area contributed by atoms with Crippen LogP contribution in [0.5, 0.6) is 11.6 Å². The zero-order chi connectivity index (χ0) is 24.8. The smallest absolute Gasteiger partial charge is 0.233 e. The van der Waals surface area contributed by atoms with Gasteiger partial charge in [-0.1, -0.05) is 49.4 Å². The van der Waals surface area contributed by atoms with E-state index in [2.05, 4.69) is 36.2 Å². The van der Waals surface area contributed by atoms with Crippen LogP contribution in [0.25, 0.3) is 0 Å². The van der Waals surface area contributed by atoms with Crippen molar-refractivity contribution in [2.45, 2.75) is 79.1 Å². The lowest BCUT2D eigenvalue weighted by Crippen LogP contribution is -2.04. The van der Waals surface area contributed by atoms with Gasteiger partial charge in [0.2, 0.25) is 5.88 Å². The normalized spacial score (nSPS) is 11.9. The molecular formula is C28H43N3O3. The number of oxime groups is 1. The average Bonchev–Trinajstić information content (AvgIpc) is 3.17. The van der Waals surface area contributed by atoms with Gasteiger partial charge in [-0.25, -0.2) is 0 Å². The molecule has 0 saturated carbocycles. The molecule has 1 heterocycles. The Hall–Kier alpha value is -2.76. The molecular weight excluding hydrogens is 426 g/mol. The van der Waals surface area contributed by atoms with Crippen LogP contribution in [0.2, 0.25) is 0 Å². The summed E-state index contributed by atoms with van der Waals surface area (Å²) in [7, 11) is 3.43. The van der Waals surface area contributed by atoms with Crippen molar-refractivity contribution in [3.8, 4) is 11.6 Å². The summed E-state index contributed by atoms with van der Waals surface area (Å²) in [6.45, 7) is 9.64. The molecule has 0 bridgehead atoms. The Morgan fingerprint density at radius 3 is 2.26 bits per heavy atom. The highest BCUT2D eigenvalue weighted by atomic mass is 16.6. The Kier molecular flexibility index (Phi) is 12.3. The van der Waals surface area contributed by atoms with Crippen molar-refractivity contribution in [2.75, 3.05) is 20.3 Å². The molecule has 0 aliphatic heterocycles. The summed E-state index contributed by atoms with van der Waals surface area (Å²) in [5.74, 6) is 1.62. The summed E-state index contributed by atoms with van der Waals surface area (Å²) in [4.78, 5) is 4.83. The maximum absolute atomic E-state index is 5.81. The molecule has 188 valence electrons. The van der Waals surface area contributed by atoms with Crippen molar-refractivity contribution < 1.29 is 14.3 Å². The maximum atomic E-state index is 5.81. The van der Waals surface area contributed by atoms with E-state index in [1.54, 1.807) is 11.8 Å². The van der Waals surface area contributed by atoms with Crippen molar-refractivity contribution in [1.82, 2.24) is 9.78 Å². The highest BCUT2D eigenvalue weighted by Gasteiger charge is 2.09. The van der Waals surface area contributed by atoms with Crippen LogP contribution in [-0.4, -0.2) is 35.8 Å². The number of aryl methyl sites for hydroxylation is 3. The number of ether oxygens (including phenoxy) is 2. The first-order valence-electron chi connectivity index (χ1n) is 12.5. The maximum Gasteiger partial charge on any atom is 0.233 e. The van der Waals surface area contributed by atoms with E-state index in [0.29, 0.717) is 19.1 Å². The minimum absolute atomic E-state index is 0.634. The number of nitrogens with zero attached hydrogens (tertiary/aromatic N) is 3. The van der Waals surface area contributed by atoms with Gasteiger partial charge in [0.25, 0.3) is 0 Å². The van der Waals surface area contributed by atoms with Gasteiger partial charge in [-0.15, -0.1) is 5.10 Å². The fourth-order valence-electron chi connectivity index (χ4n) is 4.17. The van der Waals surface area contributed by atoms with Crippen LogP contribution in [0.4, 0.5) is 0 Å². The fraction of sp³-hybridized carbons (Fsp3) is 0.571. The summed E-state index contributed by atoms with van der Waals surface area (Å²) < 4.78 is 13.4. The zero-order valence-corrected chi connectivity index (χ0v) is 22.0. The topological polar surface area (TPSA) is 57.9 Å². The first kappa shape index (κ1) is 27.5. The number of hydrogen-bond acceptors (Lipinski definition) is 5. The van der Waals surface area contributed by atoms with Crippen LogP contribution in [0, 0.1) is 13.8 Å². The molecule has 0 N–H and O–H groups in total. The second kappa shape index (κ2) is 15.2. The van der Waals surface area contributed by atoms with E-state index >= 15 is 0 Å². The van der Waals surface area contributed by atoms with Gasteiger partial charge >= 0.3 is 0 Å². The summed E-state index contributed by atoms with van der Waals surface area (Å²) in [6, 6.07) is 6.26. The van der Waals surface area contributed by atoms with E-state index in [1.165, 1.54) is 55.2 Å². The molecule has 2 rings (SSSR count). The summed E-state index contributed by atoms with van der Waals surface area (Å²) in [6.07, 6.45) is 13.8. The molecule has 0 fully saturated rings. The predicted molar refractivity (Wildman–Crippen MR) is 140 cm³/mol. The summed E-state index contributed by atoms with van der Waals surface area (Å²) >= 11 is 0. The van der Waals surface area contributed by atoms with E-state index in [1.807, 2.05) is 39.1 Å². The number of hydrogen-bond donors (Lipinski definition) is 0. The monoisotopic (exact) mass is 469 g/mol. The molecule has 2 aromatic rings. The Morgan fingerprint density at radius 1 is 0.971 bits per heavy atom. The molecule has 0 atom stereocenters. The van der Waals surface area contributed by atoms with Crippen LogP contribution in [-0.2, 0) is 18.3 Å².